The third kappa shape index (κ3) is 5.53. The van der Waals surface area contributed by atoms with Gasteiger partial charge in [0, 0.05) is 60.4 Å². The van der Waals surface area contributed by atoms with Crippen LogP contribution >= 0.6 is 0 Å². The zero-order valence-corrected chi connectivity index (χ0v) is 37.4. The lowest BCUT2D eigenvalue weighted by atomic mass is 9.70. The minimum Gasteiger partial charge on any atom is -0.455 e. The maximum Gasteiger partial charge on any atom is 0.143 e. The molecule has 1 heterocycles. The van der Waals surface area contributed by atoms with Gasteiger partial charge >= 0.3 is 0 Å². The number of furan rings is 1. The van der Waals surface area contributed by atoms with Gasteiger partial charge in [0.1, 0.15) is 11.2 Å². The summed E-state index contributed by atoms with van der Waals surface area (Å²) in [7, 11) is 0. The van der Waals surface area contributed by atoms with Gasteiger partial charge in [0.15, 0.2) is 0 Å². The fourth-order valence-electron chi connectivity index (χ4n) is 10.7. The van der Waals surface area contributed by atoms with Crippen molar-refractivity contribution >= 4 is 39.0 Å². The topological polar surface area (TPSA) is 16.4 Å². The van der Waals surface area contributed by atoms with Crippen LogP contribution in [0, 0.1) is 0 Å². The van der Waals surface area contributed by atoms with Gasteiger partial charge in [0.25, 0.3) is 0 Å². The molecule has 0 fully saturated rings. The molecule has 2 heteroatoms. The molecular formula is C73H51NO. The summed E-state index contributed by atoms with van der Waals surface area (Å²) in [6.07, 6.45) is 0. The minimum atomic E-state index is -4.55. The molecule has 354 valence electrons. The number of rotatable bonds is 5. The average Bonchev–Trinajstić information content (AvgIpc) is 1.47. The van der Waals surface area contributed by atoms with Crippen LogP contribution in [0.3, 0.4) is 0 Å². The maximum absolute atomic E-state index is 11.1. The lowest BCUT2D eigenvalue weighted by Crippen LogP contribution is -2.26. The molecule has 0 aliphatic heterocycles. The molecule has 0 saturated heterocycles. The highest BCUT2D eigenvalue weighted by Crippen LogP contribution is 2.66. The molecule has 1 spiro atoms. The molecule has 75 heavy (non-hydrogen) atoms. The van der Waals surface area contributed by atoms with Gasteiger partial charge in [-0.25, -0.2) is 0 Å². The normalized spacial score (nSPS) is 25.3. The van der Waals surface area contributed by atoms with Crippen LogP contribution in [0.25, 0.3) is 88.7 Å². The fraction of sp³-hybridized carbons (Fsp3) is 0.0959. The Morgan fingerprint density at radius 2 is 0.827 bits per heavy atom. The van der Waals surface area contributed by atoms with Gasteiger partial charge in [-0.15, -0.1) is 0 Å². The minimum absolute atomic E-state index is 0.0391. The number of fused-ring (bicyclic) bond motifs is 19. The Labute approximate surface area is 509 Å². The number of nitrogens with zero attached hydrogens (tertiary/aromatic N) is 1. The fourth-order valence-corrected chi connectivity index (χ4v) is 10.7. The number of hydrogen-bond donors (Lipinski definition) is 0. The number of anilines is 3. The predicted octanol–water partition coefficient (Wildman–Crippen LogP) is 19.3. The molecule has 4 aliphatic carbocycles. The van der Waals surface area contributed by atoms with Crippen LogP contribution in [0.1, 0.15) is 142 Å². The van der Waals surface area contributed by atoms with Crippen LogP contribution in [-0.4, -0.2) is 0 Å². The van der Waals surface area contributed by atoms with Crippen LogP contribution in [0.5, 0.6) is 0 Å². The second kappa shape index (κ2) is 15.1. The predicted molar refractivity (Wildman–Crippen MR) is 311 cm³/mol. The van der Waals surface area contributed by atoms with Crippen molar-refractivity contribution in [3.05, 3.63) is 280 Å². The van der Waals surface area contributed by atoms with Crippen molar-refractivity contribution in [2.75, 3.05) is 4.90 Å². The van der Waals surface area contributed by atoms with E-state index in [1.807, 2.05) is 0 Å². The van der Waals surface area contributed by atoms with Gasteiger partial charge in [0.2, 0.25) is 0 Å². The SMILES string of the molecule is [2H]c1c([2H])c([2H])c(-c2c([2H])c([2H])c3c(c2[2H])C(C([2H])([2H])[2H])(C([2H])([2H])[2H])c2c([2H])c(N(c4c([2H])c([2H])c([2H])c5c4-c4c([2H])c([2H])c([2H])c([2H])c4C54c5c([2H])c([2H])c([2H])c([2H])c5-c5c([2H])c([2H])c([2H])c([2H])c54)c4c([2H])c([2H])c([2H])c5c4-c4c([2H])c([2H])c(-c6c([2H])c([2H])c([2H])c7c6oc6c([2H])c([2H])c([2H])c([2H])c67)c([2H])c4C5(C([2H])([2H])[2H])C([2H])([2H])[2H])c([2H])c([2H])c2-3)c([2H])c1[2H]. The molecule has 2 nitrogen and oxygen atoms in total. The number of benzene rings is 11. The van der Waals surface area contributed by atoms with Gasteiger partial charge in [0.05, 0.1) is 70.2 Å². The van der Waals surface area contributed by atoms with E-state index in [1.165, 1.54) is 0 Å². The monoisotopic (exact) mass is 1010 g/mol. The first-order valence-corrected chi connectivity index (χ1v) is 22.3. The third-order valence-corrected chi connectivity index (χ3v) is 13.8. The van der Waals surface area contributed by atoms with E-state index in [-0.39, 0.29) is 4.90 Å². The highest BCUT2D eigenvalue weighted by Gasteiger charge is 2.53. The third-order valence-electron chi connectivity index (χ3n) is 13.8. The quantitative estimate of drug-likeness (QED) is 0.171. The Kier molecular flexibility index (Phi) is 3.22. The lowest BCUT2D eigenvalue weighted by molar-refractivity contribution is 0.660. The van der Waals surface area contributed by atoms with Gasteiger partial charge in [-0.05, 0) is 137 Å². The van der Waals surface area contributed by atoms with Crippen LogP contribution in [0.15, 0.2) is 240 Å². The van der Waals surface area contributed by atoms with E-state index >= 15 is 0 Å². The molecule has 12 aromatic rings. The van der Waals surface area contributed by atoms with Gasteiger partial charge in [-0.1, -0.05) is 221 Å². The molecule has 4 aliphatic rings. The Morgan fingerprint density at radius 3 is 1.57 bits per heavy atom. The lowest BCUT2D eigenvalue weighted by Gasteiger charge is -2.33. The largest absolute Gasteiger partial charge is 0.455 e. The van der Waals surface area contributed by atoms with Crippen molar-refractivity contribution < 1.29 is 74.3 Å². The van der Waals surface area contributed by atoms with Crippen LogP contribution < -0.4 is 4.90 Å². The average molecular weight is 1010 g/mol. The van der Waals surface area contributed by atoms with Gasteiger partial charge < -0.3 is 9.32 Å². The van der Waals surface area contributed by atoms with E-state index in [9.17, 15) is 53.5 Å². The molecule has 0 radical (unpaired) electrons. The van der Waals surface area contributed by atoms with E-state index in [0.29, 0.717) is 0 Å². The summed E-state index contributed by atoms with van der Waals surface area (Å²) in [5, 5.41) is -1.45. The summed E-state index contributed by atoms with van der Waals surface area (Å²) in [5.74, 6) is 0. The van der Waals surface area contributed by atoms with E-state index in [0.717, 1.165) is 0 Å². The summed E-state index contributed by atoms with van der Waals surface area (Å²) in [5.41, 5.74) is -45.7. The van der Waals surface area contributed by atoms with Crippen LogP contribution in [0.2, 0.25) is 0 Å². The molecule has 0 amide bonds. The Hall–Kier alpha value is -8.98. The molecule has 0 N–H and O–H groups in total. The number of para-hydroxylation sites is 2. The summed E-state index contributed by atoms with van der Waals surface area (Å²) in [4.78, 5) is -0.0391. The highest BCUT2D eigenvalue weighted by molar-refractivity contribution is 6.10. The first kappa shape index (κ1) is 16.0. The molecular weight excluding hydrogens is 907 g/mol. The highest BCUT2D eigenvalue weighted by atomic mass is 16.3. The zero-order valence-electron chi connectivity index (χ0n) is 88.4. The maximum atomic E-state index is 11.1. The van der Waals surface area contributed by atoms with Gasteiger partial charge in [-0.3, -0.25) is 0 Å². The first-order valence-electron chi connectivity index (χ1n) is 47.8. The van der Waals surface area contributed by atoms with E-state index in [2.05, 4.69) is 0 Å². The van der Waals surface area contributed by atoms with Crippen molar-refractivity contribution in [2.24, 2.45) is 0 Å². The van der Waals surface area contributed by atoms with Crippen LogP contribution in [0.4, 0.5) is 17.1 Å². The molecule has 0 saturated carbocycles. The summed E-state index contributed by atoms with van der Waals surface area (Å²) in [6, 6.07) is -53.8. The molecule has 0 unspecified atom stereocenters. The molecule has 16 rings (SSSR count). The number of hydrogen-bond acceptors (Lipinski definition) is 2. The van der Waals surface area contributed by atoms with Gasteiger partial charge in [-0.2, -0.15) is 0 Å². The van der Waals surface area contributed by atoms with Crippen molar-refractivity contribution in [1.82, 2.24) is 0 Å². The van der Waals surface area contributed by atoms with Crippen molar-refractivity contribution in [2.45, 2.75) is 43.7 Å². The molecule has 11 aromatic carbocycles. The zero-order chi connectivity index (χ0) is 93.9. The van der Waals surface area contributed by atoms with Crippen molar-refractivity contribution in [3.63, 3.8) is 0 Å². The summed E-state index contributed by atoms with van der Waals surface area (Å²) >= 11 is 0. The van der Waals surface area contributed by atoms with E-state index in [4.69, 9.17) is 20.9 Å². The summed E-state index contributed by atoms with van der Waals surface area (Å²) in [6.45, 7) is -18.1. The Bertz CT molecular complexity index is 7130. The van der Waals surface area contributed by atoms with Crippen molar-refractivity contribution in [1.29, 1.82) is 0 Å². The first-order chi connectivity index (χ1) is 58.0. The Balaban J connectivity index is 1.21. The molecule has 0 atom stereocenters. The van der Waals surface area contributed by atoms with E-state index < -0.39 is 430 Å². The second-order valence-electron chi connectivity index (χ2n) is 17.5. The smallest absolute Gasteiger partial charge is 0.143 e. The molecule has 0 bridgehead atoms. The van der Waals surface area contributed by atoms with Crippen LogP contribution in [-0.2, 0) is 16.2 Å². The standard InChI is InChI=1S/C73H51NO/c1-71(2)60-30-17-32-65(68(60)56-39-36-46(42-63(56)71)48-25-16-26-54-53-23-11-15-34-67(53)75-70(48)54)74(47-37-40-52-51-38-35-45(44-19-6-5-7-20-44)41-62(51)72(3,4)64(52)43-47)66-33-18-31-61-69(66)55-24-10-14-29-59(55)73(61)57-27-12-8-21-49(57)50-22-9-13-28-58(50)73/h5-43H,1-4H3/i1D3,2D3,3D3,4D3,5D,6D,7D,8D,9D,10D,11D,12D,13D,14D,15D,16D,17D,18D,19D,20D,21D,22D,23D,24D,25D,26D,27D,28D,29D,30D,31D,32D,33D,34D,35D,36D,37D,38D,39D,40D,41D,42D,43D. The molecule has 1 aromatic heterocycles. The Morgan fingerprint density at radius 1 is 0.347 bits per heavy atom. The van der Waals surface area contributed by atoms with Crippen molar-refractivity contribution in [3.8, 4) is 66.8 Å². The van der Waals surface area contributed by atoms with E-state index in [1.54, 1.807) is 0 Å². The second-order valence-corrected chi connectivity index (χ2v) is 17.5. The summed E-state index contributed by atoms with van der Waals surface area (Å²) < 4.78 is 498.